The van der Waals surface area contributed by atoms with E-state index in [9.17, 15) is 13.2 Å². The molecule has 1 aliphatic heterocycles. The van der Waals surface area contributed by atoms with Crippen molar-refractivity contribution in [1.29, 1.82) is 0 Å². The number of sulfonamides is 1. The van der Waals surface area contributed by atoms with Gasteiger partial charge in [0.05, 0.1) is 6.26 Å². The number of nitrogens with one attached hydrogen (secondary N) is 1. The Balaban J connectivity index is 1.88. The minimum Gasteiger partial charge on any atom is -0.486 e. The van der Waals surface area contributed by atoms with E-state index in [4.69, 9.17) is 9.47 Å². The second-order valence-corrected chi connectivity index (χ2v) is 6.98. The van der Waals surface area contributed by atoms with E-state index in [1.165, 1.54) is 0 Å². The first-order valence-corrected chi connectivity index (χ1v) is 8.81. The zero-order valence-electron chi connectivity index (χ0n) is 12.7. The van der Waals surface area contributed by atoms with Crippen LogP contribution in [-0.2, 0) is 21.4 Å². The Kier molecular flexibility index (Phi) is 5.25. The van der Waals surface area contributed by atoms with E-state index in [1.807, 2.05) is 18.2 Å². The van der Waals surface area contributed by atoms with Crippen molar-refractivity contribution in [1.82, 2.24) is 9.62 Å². The van der Waals surface area contributed by atoms with Crippen LogP contribution >= 0.6 is 0 Å². The van der Waals surface area contributed by atoms with Gasteiger partial charge in [-0.1, -0.05) is 6.07 Å². The molecule has 0 atom stereocenters. The summed E-state index contributed by atoms with van der Waals surface area (Å²) in [7, 11) is -1.59. The van der Waals surface area contributed by atoms with E-state index in [0.29, 0.717) is 31.3 Å². The van der Waals surface area contributed by atoms with Gasteiger partial charge in [-0.25, -0.2) is 13.1 Å². The topological polar surface area (TPSA) is 84.9 Å². The minimum atomic E-state index is -3.27. The number of hydrogen-bond donors (Lipinski definition) is 1. The molecule has 2 rings (SSSR count). The maximum absolute atomic E-state index is 12.0. The maximum Gasteiger partial charge on any atom is 0.223 e. The normalized spacial score (nSPS) is 13.7. The summed E-state index contributed by atoms with van der Waals surface area (Å²) in [5.41, 5.74) is 0.927. The highest BCUT2D eigenvalue weighted by molar-refractivity contribution is 7.88. The van der Waals surface area contributed by atoms with Gasteiger partial charge in [0.15, 0.2) is 11.5 Å². The lowest BCUT2D eigenvalue weighted by Gasteiger charge is -2.21. The van der Waals surface area contributed by atoms with Crippen molar-refractivity contribution in [3.63, 3.8) is 0 Å². The highest BCUT2D eigenvalue weighted by Crippen LogP contribution is 2.31. The third-order valence-electron chi connectivity index (χ3n) is 3.16. The molecule has 0 bridgehead atoms. The van der Waals surface area contributed by atoms with Crippen LogP contribution in [-0.4, -0.2) is 52.3 Å². The SMILES string of the molecule is CN(Cc1ccc2c(c1)OCCO2)C(=O)CCNS(C)(=O)=O. The number of carbonyl (C=O) groups excluding carboxylic acids is 1. The van der Waals surface area contributed by atoms with Crippen molar-refractivity contribution in [2.75, 3.05) is 33.1 Å². The van der Waals surface area contributed by atoms with Gasteiger partial charge in [-0.15, -0.1) is 0 Å². The third-order valence-corrected chi connectivity index (χ3v) is 3.88. The van der Waals surface area contributed by atoms with Gasteiger partial charge in [-0.3, -0.25) is 4.79 Å². The van der Waals surface area contributed by atoms with E-state index >= 15 is 0 Å². The fraction of sp³-hybridized carbons (Fsp3) is 0.500. The van der Waals surface area contributed by atoms with Crippen LogP contribution in [0.5, 0.6) is 11.5 Å². The molecule has 0 aromatic heterocycles. The second-order valence-electron chi connectivity index (χ2n) is 5.14. The van der Waals surface area contributed by atoms with Gasteiger partial charge in [0.25, 0.3) is 0 Å². The first-order valence-electron chi connectivity index (χ1n) is 6.92. The van der Waals surface area contributed by atoms with Crippen LogP contribution in [0, 0.1) is 0 Å². The molecule has 0 radical (unpaired) electrons. The Labute approximate surface area is 130 Å². The van der Waals surface area contributed by atoms with Crippen molar-refractivity contribution in [2.24, 2.45) is 0 Å². The first kappa shape index (κ1) is 16.6. The molecule has 0 aliphatic carbocycles. The number of nitrogens with zero attached hydrogens (tertiary/aromatic N) is 1. The molecule has 0 saturated carbocycles. The molecule has 8 heteroatoms. The summed E-state index contributed by atoms with van der Waals surface area (Å²) >= 11 is 0. The van der Waals surface area contributed by atoms with Crippen molar-refractivity contribution < 1.29 is 22.7 Å². The predicted octanol–water partition coefficient (Wildman–Crippen LogP) is 0.355. The van der Waals surface area contributed by atoms with Crippen LogP contribution in [0.2, 0.25) is 0 Å². The van der Waals surface area contributed by atoms with E-state index in [2.05, 4.69) is 4.72 Å². The molecule has 1 heterocycles. The summed E-state index contributed by atoms with van der Waals surface area (Å²) in [6.45, 7) is 1.58. The molecule has 22 heavy (non-hydrogen) atoms. The van der Waals surface area contributed by atoms with Gasteiger partial charge in [-0.2, -0.15) is 0 Å². The molecule has 1 aromatic rings. The fourth-order valence-corrected chi connectivity index (χ4v) is 2.56. The Hall–Kier alpha value is -1.80. The summed E-state index contributed by atoms with van der Waals surface area (Å²) in [5, 5.41) is 0. The average molecular weight is 328 g/mol. The van der Waals surface area contributed by atoms with Crippen LogP contribution in [0.4, 0.5) is 0 Å². The lowest BCUT2D eigenvalue weighted by molar-refractivity contribution is -0.130. The highest BCUT2D eigenvalue weighted by atomic mass is 32.2. The zero-order chi connectivity index (χ0) is 16.2. The van der Waals surface area contributed by atoms with Crippen LogP contribution in [0.25, 0.3) is 0 Å². The Morgan fingerprint density at radius 3 is 2.64 bits per heavy atom. The standard InChI is InChI=1S/C14H20N2O5S/c1-16(14(17)5-6-15-22(2,18)19)10-11-3-4-12-13(9-11)21-8-7-20-12/h3-4,9,15H,5-8,10H2,1-2H3. The highest BCUT2D eigenvalue weighted by Gasteiger charge is 2.14. The average Bonchev–Trinajstić information content (AvgIpc) is 2.45. The maximum atomic E-state index is 12.0. The lowest BCUT2D eigenvalue weighted by atomic mass is 10.2. The molecule has 0 saturated heterocycles. The van der Waals surface area contributed by atoms with Crippen molar-refractivity contribution >= 4 is 15.9 Å². The van der Waals surface area contributed by atoms with Crippen LogP contribution < -0.4 is 14.2 Å². The van der Waals surface area contributed by atoms with Gasteiger partial charge < -0.3 is 14.4 Å². The molecule has 0 spiro atoms. The number of amides is 1. The van der Waals surface area contributed by atoms with Crippen LogP contribution in [0.1, 0.15) is 12.0 Å². The zero-order valence-corrected chi connectivity index (χ0v) is 13.5. The molecule has 122 valence electrons. The first-order chi connectivity index (χ1) is 10.3. The lowest BCUT2D eigenvalue weighted by Crippen LogP contribution is -2.31. The Morgan fingerprint density at radius 1 is 1.27 bits per heavy atom. The Bertz CT molecular complexity index is 645. The molecule has 1 amide bonds. The monoisotopic (exact) mass is 328 g/mol. The number of carbonyl (C=O) groups is 1. The van der Waals surface area contributed by atoms with Gasteiger partial charge in [0.2, 0.25) is 15.9 Å². The van der Waals surface area contributed by atoms with Gasteiger partial charge in [0, 0.05) is 26.6 Å². The number of benzene rings is 1. The Morgan fingerprint density at radius 2 is 1.95 bits per heavy atom. The quantitative estimate of drug-likeness (QED) is 0.815. The summed E-state index contributed by atoms with van der Waals surface area (Å²) in [4.78, 5) is 13.5. The summed E-state index contributed by atoms with van der Waals surface area (Å²) in [6, 6.07) is 5.56. The second kappa shape index (κ2) is 6.97. The number of rotatable bonds is 6. The minimum absolute atomic E-state index is 0.100. The molecule has 1 N–H and O–H groups in total. The van der Waals surface area contributed by atoms with Gasteiger partial charge in [0.1, 0.15) is 13.2 Å². The number of hydrogen-bond acceptors (Lipinski definition) is 5. The predicted molar refractivity (Wildman–Crippen MR) is 81.4 cm³/mol. The van der Waals surface area contributed by atoms with Gasteiger partial charge >= 0.3 is 0 Å². The summed E-state index contributed by atoms with van der Waals surface area (Å²) in [5.74, 6) is 1.26. The molecule has 1 aliphatic rings. The summed E-state index contributed by atoms with van der Waals surface area (Å²) in [6.07, 6.45) is 1.19. The summed E-state index contributed by atoms with van der Waals surface area (Å²) < 4.78 is 35.1. The molecule has 0 fully saturated rings. The smallest absolute Gasteiger partial charge is 0.223 e. The van der Waals surface area contributed by atoms with Crippen LogP contribution in [0.3, 0.4) is 0 Å². The van der Waals surface area contributed by atoms with Crippen LogP contribution in [0.15, 0.2) is 18.2 Å². The molecular weight excluding hydrogens is 308 g/mol. The molecule has 1 aromatic carbocycles. The molecular formula is C14H20N2O5S. The van der Waals surface area contributed by atoms with Crippen molar-refractivity contribution in [3.8, 4) is 11.5 Å². The number of ether oxygens (including phenoxy) is 2. The number of fused-ring (bicyclic) bond motifs is 1. The van der Waals surface area contributed by atoms with E-state index in [-0.39, 0.29) is 18.9 Å². The van der Waals surface area contributed by atoms with E-state index in [0.717, 1.165) is 11.8 Å². The van der Waals surface area contributed by atoms with E-state index < -0.39 is 10.0 Å². The van der Waals surface area contributed by atoms with Crippen molar-refractivity contribution in [3.05, 3.63) is 23.8 Å². The van der Waals surface area contributed by atoms with Gasteiger partial charge in [-0.05, 0) is 17.7 Å². The largest absolute Gasteiger partial charge is 0.486 e. The van der Waals surface area contributed by atoms with Crippen molar-refractivity contribution in [2.45, 2.75) is 13.0 Å². The third kappa shape index (κ3) is 4.88. The van der Waals surface area contributed by atoms with E-state index in [1.54, 1.807) is 11.9 Å². The molecule has 7 nitrogen and oxygen atoms in total. The molecule has 0 unspecified atom stereocenters. The fourth-order valence-electron chi connectivity index (χ4n) is 2.08.